The van der Waals surface area contributed by atoms with E-state index in [4.69, 9.17) is 9.47 Å². The Bertz CT molecular complexity index is 1430. The molecule has 0 amide bonds. The van der Waals surface area contributed by atoms with Crippen molar-refractivity contribution >= 4 is 34.0 Å². The van der Waals surface area contributed by atoms with Crippen molar-refractivity contribution in [1.29, 1.82) is 0 Å². The molecule has 3 nitrogen and oxygen atoms in total. The van der Waals surface area contributed by atoms with Crippen molar-refractivity contribution in [2.24, 2.45) is 0 Å². The summed E-state index contributed by atoms with van der Waals surface area (Å²) in [6.07, 6.45) is 19.5. The maximum atomic E-state index is 16.9. The molecule has 274 valence electrons. The molecule has 1 aliphatic rings. The van der Waals surface area contributed by atoms with Crippen LogP contribution < -0.4 is 14.4 Å². The van der Waals surface area contributed by atoms with Gasteiger partial charge in [0.2, 0.25) is 0 Å². The first-order valence-electron chi connectivity index (χ1n) is 19.5. The first-order valence-corrected chi connectivity index (χ1v) is 21.1. The Morgan fingerprint density at radius 1 is 0.633 bits per heavy atom. The van der Waals surface area contributed by atoms with Gasteiger partial charge >= 0.3 is 6.05 Å². The molecule has 7 heteroatoms. The lowest BCUT2D eigenvalue weighted by Crippen LogP contribution is -2.38. The van der Waals surface area contributed by atoms with Gasteiger partial charge in [0.1, 0.15) is 0 Å². The molecule has 0 bridgehead atoms. The Morgan fingerprint density at radius 2 is 1.12 bits per heavy atom. The van der Waals surface area contributed by atoms with E-state index in [1.54, 1.807) is 17.4 Å². The van der Waals surface area contributed by atoms with E-state index in [9.17, 15) is 0 Å². The van der Waals surface area contributed by atoms with Crippen LogP contribution in [0.1, 0.15) is 177 Å². The zero-order valence-electron chi connectivity index (χ0n) is 31.5. The average molecular weight is 716 g/mol. The summed E-state index contributed by atoms with van der Waals surface area (Å²) in [6.45, 7) is 16.0. The number of benzene rings is 1. The predicted molar refractivity (Wildman–Crippen MR) is 209 cm³/mol. The summed E-state index contributed by atoms with van der Waals surface area (Å²) in [6, 6.07) is 4.20. The van der Waals surface area contributed by atoms with Crippen LogP contribution in [0.2, 0.25) is 0 Å². The molecule has 0 saturated heterocycles. The second-order valence-electron chi connectivity index (χ2n) is 14.7. The van der Waals surface area contributed by atoms with E-state index in [1.807, 2.05) is 25.1 Å². The number of alkyl halides is 2. The first-order chi connectivity index (χ1) is 23.6. The average Bonchev–Trinajstić information content (AvgIpc) is 3.70. The van der Waals surface area contributed by atoms with Crippen molar-refractivity contribution in [3.8, 4) is 21.3 Å². The van der Waals surface area contributed by atoms with Crippen LogP contribution in [0.3, 0.4) is 0 Å². The zero-order valence-corrected chi connectivity index (χ0v) is 33.2. The number of rotatable bonds is 23. The van der Waals surface area contributed by atoms with Crippen LogP contribution in [-0.4, -0.2) is 13.2 Å². The van der Waals surface area contributed by atoms with Gasteiger partial charge in [0.05, 0.1) is 39.9 Å². The molecule has 0 unspecified atom stereocenters. The van der Waals surface area contributed by atoms with Gasteiger partial charge in [-0.05, 0) is 55.4 Å². The summed E-state index contributed by atoms with van der Waals surface area (Å²) in [7, 11) is 0. The van der Waals surface area contributed by atoms with Crippen molar-refractivity contribution in [3.63, 3.8) is 0 Å². The molecule has 4 rings (SSSR count). The maximum Gasteiger partial charge on any atom is 0.358 e. The molecule has 0 fully saturated rings. The van der Waals surface area contributed by atoms with Gasteiger partial charge in [0.15, 0.2) is 11.5 Å². The summed E-state index contributed by atoms with van der Waals surface area (Å²) < 4.78 is 46.6. The Balaban J connectivity index is 1.58. The molecular weight excluding hydrogens is 653 g/mol. The van der Waals surface area contributed by atoms with Gasteiger partial charge in [-0.3, -0.25) is 4.90 Å². The van der Waals surface area contributed by atoms with Crippen LogP contribution >= 0.6 is 22.7 Å². The third-order valence-corrected chi connectivity index (χ3v) is 12.7. The van der Waals surface area contributed by atoms with E-state index in [-0.39, 0.29) is 17.4 Å². The van der Waals surface area contributed by atoms with Crippen LogP contribution in [0.5, 0.6) is 11.5 Å². The molecule has 1 aromatic carbocycles. The van der Waals surface area contributed by atoms with Crippen molar-refractivity contribution in [1.82, 2.24) is 0 Å². The lowest BCUT2D eigenvalue weighted by Gasteiger charge is -2.37. The number of unbranched alkanes of at least 4 members (excludes halogenated alkanes) is 14. The fourth-order valence-electron chi connectivity index (χ4n) is 6.65. The number of anilines is 2. The molecule has 0 saturated carbocycles. The maximum absolute atomic E-state index is 16.9. The van der Waals surface area contributed by atoms with Gasteiger partial charge < -0.3 is 9.47 Å². The monoisotopic (exact) mass is 715 g/mol. The number of thiophene rings is 2. The second kappa shape index (κ2) is 19.5. The van der Waals surface area contributed by atoms with E-state index in [0.717, 1.165) is 45.9 Å². The van der Waals surface area contributed by atoms with E-state index >= 15 is 8.78 Å². The lowest BCUT2D eigenvalue weighted by molar-refractivity contribution is 0.00317. The highest BCUT2D eigenvalue weighted by molar-refractivity contribution is 7.23. The molecule has 49 heavy (non-hydrogen) atoms. The highest BCUT2D eigenvalue weighted by Crippen LogP contribution is 2.59. The van der Waals surface area contributed by atoms with E-state index < -0.39 is 6.05 Å². The number of halogens is 2. The van der Waals surface area contributed by atoms with Crippen LogP contribution in [0.4, 0.5) is 20.2 Å². The minimum Gasteiger partial charge on any atom is -0.490 e. The van der Waals surface area contributed by atoms with Crippen molar-refractivity contribution in [2.45, 2.75) is 169 Å². The van der Waals surface area contributed by atoms with E-state index in [2.05, 4.69) is 41.5 Å². The molecule has 0 atom stereocenters. The minimum atomic E-state index is -3.21. The molecule has 0 N–H and O–H groups in total. The van der Waals surface area contributed by atoms with Gasteiger partial charge in [-0.1, -0.05) is 131 Å². The fraction of sp³-hybridized carbons (Fsp3) is 0.667. The number of fused-ring (bicyclic) bond motifs is 3. The standard InChI is InChI=1S/C42H63F2NO2S2/c1-8-10-12-14-16-18-20-22-24-46-36-27-33(26-32(7)39(36)47-25-23-21-19-17-15-13-11-9-2)45-35-29-38(31(5)6)49-41(35)40-34(42(45,43)44)28-37(48-40)30(3)4/h26-31H,8-25H2,1-7H3. The van der Waals surface area contributed by atoms with Crippen LogP contribution in [0, 0.1) is 6.92 Å². The van der Waals surface area contributed by atoms with Crippen LogP contribution in [0.15, 0.2) is 24.3 Å². The third kappa shape index (κ3) is 10.5. The predicted octanol–water partition coefficient (Wildman–Crippen LogP) is 15.3. The van der Waals surface area contributed by atoms with Gasteiger partial charge in [-0.15, -0.1) is 22.7 Å². The van der Waals surface area contributed by atoms with Crippen molar-refractivity contribution in [2.75, 3.05) is 18.1 Å². The second-order valence-corrected chi connectivity index (χ2v) is 16.8. The lowest BCUT2D eigenvalue weighted by atomic mass is 10.0. The molecule has 1 aliphatic heterocycles. The van der Waals surface area contributed by atoms with Crippen LogP contribution in [0.25, 0.3) is 9.75 Å². The molecule has 0 spiro atoms. The molecule has 0 aliphatic carbocycles. The first kappa shape index (κ1) is 39.7. The van der Waals surface area contributed by atoms with E-state index in [0.29, 0.717) is 41.0 Å². The Morgan fingerprint density at radius 3 is 1.67 bits per heavy atom. The number of aryl methyl sites for hydroxylation is 1. The Labute approximate surface area is 304 Å². The smallest absolute Gasteiger partial charge is 0.358 e. The Hall–Kier alpha value is -2.12. The fourth-order valence-corrected chi connectivity index (χ4v) is 9.13. The Kier molecular flexibility index (Phi) is 15.8. The summed E-state index contributed by atoms with van der Waals surface area (Å²) >= 11 is 3.17. The van der Waals surface area contributed by atoms with Gasteiger partial charge in [0.25, 0.3) is 0 Å². The number of hydrogen-bond donors (Lipinski definition) is 0. The van der Waals surface area contributed by atoms with Gasteiger partial charge in [-0.2, -0.15) is 8.78 Å². The number of ether oxygens (including phenoxy) is 2. The summed E-state index contributed by atoms with van der Waals surface area (Å²) in [4.78, 5) is 5.03. The quantitative estimate of drug-likeness (QED) is 0.0721. The third-order valence-electron chi connectivity index (χ3n) is 9.66. The van der Waals surface area contributed by atoms with Crippen LogP contribution in [-0.2, 0) is 6.05 Å². The van der Waals surface area contributed by atoms with Crippen molar-refractivity contribution < 1.29 is 18.3 Å². The topological polar surface area (TPSA) is 21.7 Å². The highest BCUT2D eigenvalue weighted by atomic mass is 32.1. The minimum absolute atomic E-state index is 0.111. The number of nitrogens with zero attached hydrogens (tertiary/aromatic N) is 1. The summed E-state index contributed by atoms with van der Waals surface area (Å²) in [5, 5.41) is 0. The zero-order chi connectivity index (χ0) is 35.4. The normalized spacial score (nSPS) is 13.7. The SMILES string of the molecule is CCCCCCCCCCOc1cc(N2c3cc(C(C)C)sc3-c3sc(C(C)C)cc3C2(F)F)cc(C)c1OCCCCCCCCCC. The molecule has 3 heterocycles. The van der Waals surface area contributed by atoms with Gasteiger partial charge in [0, 0.05) is 15.8 Å². The molecule has 0 radical (unpaired) electrons. The molecule has 3 aromatic rings. The largest absolute Gasteiger partial charge is 0.490 e. The summed E-state index contributed by atoms with van der Waals surface area (Å²) in [5.74, 6) is 1.70. The molecule has 2 aromatic heterocycles. The van der Waals surface area contributed by atoms with Gasteiger partial charge in [-0.25, -0.2) is 0 Å². The summed E-state index contributed by atoms with van der Waals surface area (Å²) in [5.41, 5.74) is 1.98. The number of hydrogen-bond acceptors (Lipinski definition) is 5. The van der Waals surface area contributed by atoms with Crippen molar-refractivity contribution in [3.05, 3.63) is 45.1 Å². The van der Waals surface area contributed by atoms with E-state index in [1.165, 1.54) is 93.3 Å². The highest BCUT2D eigenvalue weighted by Gasteiger charge is 2.49. The molecular formula is C42H63F2NO2S2.